The Morgan fingerprint density at radius 3 is 2.41 bits per heavy atom. The summed E-state index contributed by atoms with van der Waals surface area (Å²) in [5.74, 6) is 1.36. The summed E-state index contributed by atoms with van der Waals surface area (Å²) in [6, 6.07) is 17.7. The normalized spacial score (nSPS) is 16.0. The van der Waals surface area contributed by atoms with E-state index in [0.717, 1.165) is 11.4 Å². The fourth-order valence-corrected chi connectivity index (χ4v) is 3.84. The number of hydrogen-bond donors (Lipinski definition) is 2. The van der Waals surface area contributed by atoms with Gasteiger partial charge in [0.15, 0.2) is 0 Å². The van der Waals surface area contributed by atoms with Crippen molar-refractivity contribution in [3.05, 3.63) is 73.1 Å². The number of carbonyl (C=O) groups excluding carboxylic acids is 2. The molecule has 0 bridgehead atoms. The van der Waals surface area contributed by atoms with E-state index in [1.165, 1.54) is 0 Å². The molecule has 4 rings (SSSR count). The molecular weight excluding hydrogens is 434 g/mol. The second kappa shape index (κ2) is 10.7. The molecule has 1 saturated heterocycles. The van der Waals surface area contributed by atoms with Gasteiger partial charge in [-0.1, -0.05) is 0 Å². The van der Waals surface area contributed by atoms with Crippen LogP contribution in [0.4, 0.5) is 11.4 Å². The highest BCUT2D eigenvalue weighted by molar-refractivity contribution is 5.93. The van der Waals surface area contributed by atoms with Gasteiger partial charge in [0.1, 0.15) is 23.3 Å². The molecule has 34 heavy (non-hydrogen) atoms. The first-order chi connectivity index (χ1) is 16.5. The average Bonchev–Trinajstić information content (AvgIpc) is 2.86. The number of rotatable bonds is 8. The summed E-state index contributed by atoms with van der Waals surface area (Å²) >= 11 is 0. The largest absolute Gasteiger partial charge is 0.497 e. The van der Waals surface area contributed by atoms with Gasteiger partial charge in [-0.2, -0.15) is 0 Å². The fraction of sp³-hybridized carbons (Fsp3) is 0.240. The summed E-state index contributed by atoms with van der Waals surface area (Å²) < 4.78 is 10.9. The molecule has 3 aromatic rings. The van der Waals surface area contributed by atoms with Crippen LogP contribution in [0.3, 0.4) is 0 Å². The third kappa shape index (κ3) is 5.81. The molecule has 3 N–H and O–H groups in total. The van der Waals surface area contributed by atoms with Crippen LogP contribution in [0.2, 0.25) is 0 Å². The molecule has 1 atom stereocenters. The van der Waals surface area contributed by atoms with Crippen molar-refractivity contribution < 1.29 is 19.1 Å². The predicted octanol–water partition coefficient (Wildman–Crippen LogP) is 2.50. The quantitative estimate of drug-likeness (QED) is 0.530. The SMILES string of the molecule is COc1ccc(N2CCN(CC(=O)Nc3ccc(Oc4cccnc4)cc3)[C@H](C(N)=O)C2)cc1. The highest BCUT2D eigenvalue weighted by Gasteiger charge is 2.32. The number of piperazine rings is 1. The first-order valence-electron chi connectivity index (χ1n) is 10.9. The Hall–Kier alpha value is -4.11. The zero-order chi connectivity index (χ0) is 23.9. The minimum Gasteiger partial charge on any atom is -0.497 e. The monoisotopic (exact) mass is 461 g/mol. The lowest BCUT2D eigenvalue weighted by Crippen LogP contribution is -2.59. The molecule has 0 aliphatic carbocycles. The Bertz CT molecular complexity index is 1110. The number of amides is 2. The molecule has 0 unspecified atom stereocenters. The summed E-state index contributed by atoms with van der Waals surface area (Å²) in [5, 5.41) is 2.87. The standard InChI is InChI=1S/C25H27N5O4/c1-33-20-10-6-19(7-11-20)29-13-14-30(23(16-29)25(26)32)17-24(31)28-18-4-8-21(9-5-18)34-22-3-2-12-27-15-22/h2-12,15,23H,13-14,16-17H2,1H3,(H2,26,32)(H,28,31)/t23-/m0/s1. The van der Waals surface area contributed by atoms with E-state index in [4.69, 9.17) is 15.2 Å². The van der Waals surface area contributed by atoms with Gasteiger partial charge in [0.2, 0.25) is 11.8 Å². The Kier molecular flexibility index (Phi) is 7.24. The van der Waals surface area contributed by atoms with Crippen LogP contribution in [-0.2, 0) is 9.59 Å². The molecule has 1 fully saturated rings. The maximum Gasteiger partial charge on any atom is 0.238 e. The number of pyridine rings is 1. The second-order valence-electron chi connectivity index (χ2n) is 7.90. The number of methoxy groups -OCH3 is 1. The van der Waals surface area contributed by atoms with Gasteiger partial charge in [-0.05, 0) is 60.7 Å². The number of anilines is 2. The van der Waals surface area contributed by atoms with E-state index in [1.54, 1.807) is 49.8 Å². The van der Waals surface area contributed by atoms with Crippen LogP contribution in [-0.4, -0.2) is 61.0 Å². The molecule has 176 valence electrons. The zero-order valence-electron chi connectivity index (χ0n) is 18.9. The van der Waals surface area contributed by atoms with Crippen LogP contribution < -0.4 is 25.4 Å². The Balaban J connectivity index is 1.33. The maximum atomic E-state index is 12.7. The maximum absolute atomic E-state index is 12.7. The van der Waals surface area contributed by atoms with Crippen LogP contribution >= 0.6 is 0 Å². The van der Waals surface area contributed by atoms with Crippen molar-refractivity contribution in [3.8, 4) is 17.2 Å². The lowest BCUT2D eigenvalue weighted by molar-refractivity contribution is -0.125. The number of nitrogens with one attached hydrogen (secondary N) is 1. The Labute approximate surface area is 198 Å². The van der Waals surface area contributed by atoms with Gasteiger partial charge in [0.25, 0.3) is 0 Å². The van der Waals surface area contributed by atoms with E-state index >= 15 is 0 Å². The molecule has 0 radical (unpaired) electrons. The number of nitrogens with zero attached hydrogens (tertiary/aromatic N) is 3. The molecule has 0 spiro atoms. The van der Waals surface area contributed by atoms with Gasteiger partial charge in [0.05, 0.1) is 19.9 Å². The van der Waals surface area contributed by atoms with Crippen molar-refractivity contribution in [2.45, 2.75) is 6.04 Å². The first-order valence-corrected chi connectivity index (χ1v) is 10.9. The Morgan fingerprint density at radius 2 is 1.76 bits per heavy atom. The lowest BCUT2D eigenvalue weighted by atomic mass is 10.1. The summed E-state index contributed by atoms with van der Waals surface area (Å²) in [7, 11) is 1.62. The van der Waals surface area contributed by atoms with Gasteiger partial charge in [-0.25, -0.2) is 0 Å². The first kappa shape index (κ1) is 23.1. The number of primary amides is 1. The smallest absolute Gasteiger partial charge is 0.238 e. The van der Waals surface area contributed by atoms with E-state index in [-0.39, 0.29) is 12.5 Å². The van der Waals surface area contributed by atoms with Crippen molar-refractivity contribution >= 4 is 23.2 Å². The minimum atomic E-state index is -0.572. The van der Waals surface area contributed by atoms with Crippen LogP contribution in [0.1, 0.15) is 0 Å². The second-order valence-corrected chi connectivity index (χ2v) is 7.90. The molecule has 1 aliphatic rings. The van der Waals surface area contributed by atoms with Crippen LogP contribution in [0.15, 0.2) is 73.1 Å². The molecule has 2 heterocycles. The van der Waals surface area contributed by atoms with Gasteiger partial charge in [-0.3, -0.25) is 19.5 Å². The zero-order valence-corrected chi connectivity index (χ0v) is 18.9. The van der Waals surface area contributed by atoms with Gasteiger partial charge in [-0.15, -0.1) is 0 Å². The topological polar surface area (TPSA) is 110 Å². The fourth-order valence-electron chi connectivity index (χ4n) is 3.84. The highest BCUT2D eigenvalue weighted by Crippen LogP contribution is 2.24. The number of ether oxygens (including phenoxy) is 2. The van der Waals surface area contributed by atoms with Crippen LogP contribution in [0, 0.1) is 0 Å². The molecule has 9 nitrogen and oxygen atoms in total. The van der Waals surface area contributed by atoms with Crippen molar-refractivity contribution in [2.75, 3.05) is 43.5 Å². The lowest BCUT2D eigenvalue weighted by Gasteiger charge is -2.40. The summed E-state index contributed by atoms with van der Waals surface area (Å²) in [6.45, 7) is 1.68. The summed E-state index contributed by atoms with van der Waals surface area (Å²) in [4.78, 5) is 32.7. The van der Waals surface area contributed by atoms with Crippen molar-refractivity contribution in [1.29, 1.82) is 0 Å². The van der Waals surface area contributed by atoms with Crippen molar-refractivity contribution in [2.24, 2.45) is 5.73 Å². The highest BCUT2D eigenvalue weighted by atomic mass is 16.5. The van der Waals surface area contributed by atoms with E-state index in [2.05, 4.69) is 15.2 Å². The van der Waals surface area contributed by atoms with Crippen LogP contribution in [0.5, 0.6) is 17.2 Å². The minimum absolute atomic E-state index is 0.0675. The number of aromatic nitrogens is 1. The van der Waals surface area contributed by atoms with Crippen molar-refractivity contribution in [1.82, 2.24) is 9.88 Å². The van der Waals surface area contributed by atoms with E-state index < -0.39 is 11.9 Å². The van der Waals surface area contributed by atoms with E-state index in [9.17, 15) is 9.59 Å². The van der Waals surface area contributed by atoms with E-state index in [1.807, 2.05) is 35.2 Å². The third-order valence-electron chi connectivity index (χ3n) is 5.61. The van der Waals surface area contributed by atoms with Gasteiger partial charge >= 0.3 is 0 Å². The molecule has 2 amide bonds. The average molecular weight is 462 g/mol. The van der Waals surface area contributed by atoms with Gasteiger partial charge in [0, 0.05) is 37.2 Å². The molecule has 2 aromatic carbocycles. The van der Waals surface area contributed by atoms with E-state index in [0.29, 0.717) is 36.8 Å². The molecule has 0 saturated carbocycles. The molecule has 9 heteroatoms. The number of nitrogens with two attached hydrogens (primary N) is 1. The van der Waals surface area contributed by atoms with Gasteiger partial charge < -0.3 is 25.4 Å². The predicted molar refractivity (Wildman–Crippen MR) is 129 cm³/mol. The molecular formula is C25H27N5O4. The number of carbonyl (C=O) groups is 2. The third-order valence-corrected chi connectivity index (χ3v) is 5.61. The van der Waals surface area contributed by atoms with Crippen LogP contribution in [0.25, 0.3) is 0 Å². The number of hydrogen-bond acceptors (Lipinski definition) is 7. The van der Waals surface area contributed by atoms with Crippen molar-refractivity contribution in [3.63, 3.8) is 0 Å². The molecule has 1 aromatic heterocycles. The molecule has 1 aliphatic heterocycles. The number of benzene rings is 2. The summed E-state index contributed by atoms with van der Waals surface area (Å²) in [5.41, 5.74) is 7.29. The Morgan fingerprint density at radius 1 is 1.03 bits per heavy atom. The summed E-state index contributed by atoms with van der Waals surface area (Å²) in [6.07, 6.45) is 3.30.